The van der Waals surface area contributed by atoms with E-state index in [2.05, 4.69) is 25.7 Å². The molecule has 3 fully saturated rings. The minimum Gasteiger partial charge on any atom is -0.507 e. The van der Waals surface area contributed by atoms with Crippen LogP contribution >= 0.6 is 11.6 Å². The molecule has 1 heterocycles. The summed E-state index contributed by atoms with van der Waals surface area (Å²) in [7, 11) is 3.19. The number of nitrogens with one attached hydrogen (secondary N) is 1. The number of nitrogens with two attached hydrogens (primary N) is 1. The summed E-state index contributed by atoms with van der Waals surface area (Å²) in [6, 6.07) is 0.444. The number of benzene rings is 1. The Morgan fingerprint density at radius 3 is 2.51 bits per heavy atom. The molecule has 7 unspecified atom stereocenters. The molecule has 2 saturated carbocycles. The quantitative estimate of drug-likeness (QED) is 0.390. The number of likely N-dealkylation sites (N-methyl/N-ethyl adjacent to an activating group) is 1. The first-order valence-corrected chi connectivity index (χ1v) is 14.6. The number of phenolic OH excluding ortho intramolecular Hbond substituents is 1. The zero-order valence-corrected chi connectivity index (χ0v) is 24.9. The van der Waals surface area contributed by atoms with E-state index in [0.29, 0.717) is 10.6 Å². The number of aliphatic hydroxyl groups is 1. The van der Waals surface area contributed by atoms with Gasteiger partial charge in [-0.2, -0.15) is 0 Å². The van der Waals surface area contributed by atoms with Crippen LogP contribution in [0, 0.1) is 34.5 Å². The van der Waals surface area contributed by atoms with E-state index in [1.165, 1.54) is 11.0 Å². The highest BCUT2D eigenvalue weighted by Crippen LogP contribution is 2.53. The minimum absolute atomic E-state index is 0.0240. The lowest BCUT2D eigenvalue weighted by Crippen LogP contribution is -2.73. The highest BCUT2D eigenvalue weighted by Gasteiger charge is 2.67. The highest BCUT2D eigenvalue weighted by atomic mass is 35.5. The number of likely N-dealkylation sites (tertiary alicyclic amines) is 1. The second kappa shape index (κ2) is 9.97. The van der Waals surface area contributed by atoms with Gasteiger partial charge in [0.1, 0.15) is 11.7 Å². The second-order valence-corrected chi connectivity index (χ2v) is 14.1. The van der Waals surface area contributed by atoms with E-state index in [1.807, 2.05) is 0 Å². The summed E-state index contributed by atoms with van der Waals surface area (Å²) in [5.74, 6) is -8.43. The first-order valence-electron chi connectivity index (χ1n) is 14.2. The van der Waals surface area contributed by atoms with Crippen LogP contribution in [0.3, 0.4) is 0 Å². The molecule has 1 aromatic rings. The number of phenols is 1. The molecule has 1 aromatic carbocycles. The average molecular weight is 587 g/mol. The van der Waals surface area contributed by atoms with Gasteiger partial charge in [0.05, 0.1) is 23.2 Å². The number of aromatic hydroxyl groups is 1. The summed E-state index contributed by atoms with van der Waals surface area (Å²) in [6.45, 7) is 8.22. The number of primary amides is 1. The number of halogens is 1. The van der Waals surface area contributed by atoms with Gasteiger partial charge in [0.2, 0.25) is 5.91 Å². The Hall–Kier alpha value is -2.66. The van der Waals surface area contributed by atoms with Gasteiger partial charge in [0, 0.05) is 23.5 Å². The molecule has 11 heteroatoms. The van der Waals surface area contributed by atoms with Gasteiger partial charge in [0.25, 0.3) is 0 Å². The Morgan fingerprint density at radius 1 is 1.27 bits per heavy atom. The number of carbonyl (C=O) groups excluding carboxylic acids is 4. The van der Waals surface area contributed by atoms with E-state index in [-0.39, 0.29) is 35.6 Å². The van der Waals surface area contributed by atoms with Crippen molar-refractivity contribution in [3.05, 3.63) is 27.8 Å². The van der Waals surface area contributed by atoms with Crippen molar-refractivity contribution in [1.82, 2.24) is 9.80 Å². The molecule has 0 radical (unpaired) electrons. The van der Waals surface area contributed by atoms with Gasteiger partial charge in [-0.25, -0.2) is 0 Å². The van der Waals surface area contributed by atoms with Crippen LogP contribution in [0.2, 0.25) is 5.02 Å². The van der Waals surface area contributed by atoms with E-state index < -0.39 is 64.3 Å². The van der Waals surface area contributed by atoms with Crippen molar-refractivity contribution in [2.24, 2.45) is 34.8 Å². The largest absolute Gasteiger partial charge is 0.507 e. The van der Waals surface area contributed by atoms with Gasteiger partial charge in [-0.1, -0.05) is 32.4 Å². The topological polar surface area (TPSA) is 165 Å². The summed E-state index contributed by atoms with van der Waals surface area (Å²) in [4.78, 5) is 57.4. The molecule has 41 heavy (non-hydrogen) atoms. The van der Waals surface area contributed by atoms with Crippen LogP contribution in [0.5, 0.6) is 5.75 Å². The lowest BCUT2D eigenvalue weighted by atomic mass is 9.52. The van der Waals surface area contributed by atoms with Gasteiger partial charge in [-0.15, -0.1) is 0 Å². The van der Waals surface area contributed by atoms with Crippen LogP contribution in [0.4, 0.5) is 0 Å². The number of Topliss-reactive ketones (excluding diaryl/α,β-unsaturated/α-hetero) is 3. The standard InChI is InChI=1S/C30H39ClN4O6/c1-29(2,3)12-35-8-6-7-17(35)14-11-18(36)20-15(22(14)31)9-13-10-16-23(34(4)5)25(38)21(28(33)40)26(32)30(16,41)27(39)19(13)24(20)37/h11,13,16-17,19,21,23,32,36,41H,6-10,12H2,1-5H3,(H2,33,40). The number of rotatable bonds is 4. The molecule has 4 aliphatic rings. The van der Waals surface area contributed by atoms with Gasteiger partial charge in [-0.05, 0) is 74.8 Å². The van der Waals surface area contributed by atoms with Gasteiger partial charge in [0.15, 0.2) is 23.0 Å². The molecule has 1 amide bonds. The Bertz CT molecular complexity index is 1370. The van der Waals surface area contributed by atoms with Crippen molar-refractivity contribution in [2.75, 3.05) is 27.2 Å². The number of hydrogen-bond donors (Lipinski definition) is 4. The maximum atomic E-state index is 14.0. The lowest BCUT2D eigenvalue weighted by Gasteiger charge is -2.53. The molecule has 5 N–H and O–H groups in total. The summed E-state index contributed by atoms with van der Waals surface area (Å²) < 4.78 is 0. The molecule has 0 bridgehead atoms. The molecular weight excluding hydrogens is 548 g/mol. The molecule has 5 rings (SSSR count). The molecule has 222 valence electrons. The highest BCUT2D eigenvalue weighted by molar-refractivity contribution is 6.35. The Labute approximate surface area is 244 Å². The Balaban J connectivity index is 1.58. The van der Waals surface area contributed by atoms with Crippen molar-refractivity contribution in [1.29, 1.82) is 5.41 Å². The van der Waals surface area contributed by atoms with Crippen LogP contribution < -0.4 is 5.73 Å². The normalized spacial score (nSPS) is 34.0. The third-order valence-electron chi connectivity index (χ3n) is 9.48. The first kappa shape index (κ1) is 29.8. The van der Waals surface area contributed by atoms with Crippen LogP contribution in [-0.2, 0) is 20.8 Å². The fourth-order valence-electron chi connectivity index (χ4n) is 7.94. The zero-order valence-electron chi connectivity index (χ0n) is 24.2. The smallest absolute Gasteiger partial charge is 0.233 e. The van der Waals surface area contributed by atoms with Crippen molar-refractivity contribution in [3.8, 4) is 5.75 Å². The third-order valence-corrected chi connectivity index (χ3v) is 9.93. The number of fused-ring (bicyclic) bond motifs is 3. The molecular formula is C30H39ClN4O6. The molecule has 1 aliphatic heterocycles. The van der Waals surface area contributed by atoms with Crippen LogP contribution in [0.1, 0.15) is 67.6 Å². The van der Waals surface area contributed by atoms with Crippen molar-refractivity contribution >= 4 is 40.6 Å². The number of carbonyl (C=O) groups is 4. The third kappa shape index (κ3) is 4.45. The van der Waals surface area contributed by atoms with E-state index >= 15 is 0 Å². The van der Waals surface area contributed by atoms with Crippen molar-refractivity contribution < 1.29 is 29.4 Å². The summed E-state index contributed by atoms with van der Waals surface area (Å²) >= 11 is 7.02. The first-order chi connectivity index (χ1) is 19.0. The fourth-order valence-corrected chi connectivity index (χ4v) is 8.30. The molecule has 3 aliphatic carbocycles. The van der Waals surface area contributed by atoms with E-state index in [1.54, 1.807) is 14.1 Å². The lowest BCUT2D eigenvalue weighted by molar-refractivity contribution is -0.157. The summed E-state index contributed by atoms with van der Waals surface area (Å²) in [5, 5.41) is 32.0. The number of ketones is 3. The minimum atomic E-state index is -2.52. The van der Waals surface area contributed by atoms with Gasteiger partial charge < -0.3 is 21.4 Å². The monoisotopic (exact) mass is 586 g/mol. The zero-order chi connectivity index (χ0) is 30.3. The number of amides is 1. The van der Waals surface area contributed by atoms with Crippen molar-refractivity contribution in [2.45, 2.75) is 64.1 Å². The van der Waals surface area contributed by atoms with Crippen LogP contribution in [0.15, 0.2) is 6.07 Å². The number of hydrogen-bond acceptors (Lipinski definition) is 9. The molecule has 0 spiro atoms. The summed E-state index contributed by atoms with van der Waals surface area (Å²) in [6.07, 6.45) is 2.10. The Kier molecular flexibility index (Phi) is 7.25. The van der Waals surface area contributed by atoms with E-state index in [0.717, 1.165) is 31.5 Å². The fraction of sp³-hybridized carbons (Fsp3) is 0.633. The predicted octanol–water partition coefficient (Wildman–Crippen LogP) is 2.15. The molecule has 7 atom stereocenters. The second-order valence-electron chi connectivity index (χ2n) is 13.7. The maximum Gasteiger partial charge on any atom is 0.233 e. The Morgan fingerprint density at radius 2 is 1.93 bits per heavy atom. The van der Waals surface area contributed by atoms with Gasteiger partial charge in [-0.3, -0.25) is 29.0 Å². The predicted molar refractivity (Wildman–Crippen MR) is 152 cm³/mol. The van der Waals surface area contributed by atoms with E-state index in [9.17, 15) is 29.4 Å². The van der Waals surface area contributed by atoms with E-state index in [4.69, 9.17) is 22.7 Å². The molecule has 1 saturated heterocycles. The SMILES string of the molecule is CN(C)C1C(=O)C(C(N)=O)C(=N)C2(O)C(=O)C3C(=O)c4c(O)cc(C5CCCN5CC(C)(C)C)c(Cl)c4CC3CC12. The van der Waals surface area contributed by atoms with Crippen LogP contribution in [0.25, 0.3) is 0 Å². The maximum absolute atomic E-state index is 14.0. The molecule has 10 nitrogen and oxygen atoms in total. The number of nitrogens with zero attached hydrogens (tertiary/aromatic N) is 2. The average Bonchev–Trinajstić information content (AvgIpc) is 3.29. The molecule has 0 aromatic heterocycles. The van der Waals surface area contributed by atoms with Gasteiger partial charge >= 0.3 is 0 Å². The van der Waals surface area contributed by atoms with Crippen LogP contribution in [-0.4, -0.2) is 87.8 Å². The summed E-state index contributed by atoms with van der Waals surface area (Å²) in [5.41, 5.74) is 3.38. The van der Waals surface area contributed by atoms with Crippen molar-refractivity contribution in [3.63, 3.8) is 0 Å².